The molecule has 2 fully saturated rings. The Kier molecular flexibility index (Phi) is 9.27. The van der Waals surface area contributed by atoms with E-state index in [1.54, 1.807) is 42.5 Å². The molecular formula is C33H36N4O4. The van der Waals surface area contributed by atoms with Crippen molar-refractivity contribution in [1.29, 1.82) is 0 Å². The number of likely N-dealkylation sites (tertiary alicyclic amines) is 2. The minimum Gasteiger partial charge on any atom is -0.497 e. The molecule has 8 heteroatoms. The van der Waals surface area contributed by atoms with Gasteiger partial charge in [0.05, 0.1) is 13.7 Å². The number of Topliss-reactive ketones (excluding diaryl/α,β-unsaturated/α-hetero) is 1. The number of piperidine rings is 2. The number of nitrogens with zero attached hydrogens (tertiary/aromatic N) is 4. The van der Waals surface area contributed by atoms with Crippen molar-refractivity contribution in [2.75, 3.05) is 33.3 Å². The standard InChI is InChI=1S/C33H36N4O4/c1-34-27-6-10-29(11-7-27)41-30-15-19-37(20-16-30)33(39)31-12-5-26(22-35-31)32(38)21-24-13-17-36(18-14-24)23-25-3-8-28(40-2)9-4-25/h3-12,22,24,30H,13-21,23H2,2H3. The summed E-state index contributed by atoms with van der Waals surface area (Å²) in [4.78, 5) is 38.0. The molecule has 0 radical (unpaired) electrons. The highest BCUT2D eigenvalue weighted by molar-refractivity contribution is 5.97. The first-order valence-electron chi connectivity index (χ1n) is 14.3. The van der Waals surface area contributed by atoms with E-state index in [2.05, 4.69) is 26.9 Å². The summed E-state index contributed by atoms with van der Waals surface area (Å²) < 4.78 is 11.3. The molecule has 0 unspecified atom stereocenters. The third-order valence-corrected chi connectivity index (χ3v) is 8.05. The Hall–Kier alpha value is -4.22. The van der Waals surface area contributed by atoms with Gasteiger partial charge in [0.15, 0.2) is 11.5 Å². The largest absolute Gasteiger partial charge is 0.497 e. The van der Waals surface area contributed by atoms with Crippen LogP contribution >= 0.6 is 0 Å². The van der Waals surface area contributed by atoms with Crippen molar-refractivity contribution in [3.8, 4) is 11.5 Å². The van der Waals surface area contributed by atoms with E-state index in [-0.39, 0.29) is 17.8 Å². The van der Waals surface area contributed by atoms with Gasteiger partial charge in [-0.05, 0) is 73.8 Å². The van der Waals surface area contributed by atoms with E-state index < -0.39 is 0 Å². The average Bonchev–Trinajstić information content (AvgIpc) is 3.03. The molecule has 212 valence electrons. The number of rotatable bonds is 9. The lowest BCUT2D eigenvalue weighted by molar-refractivity contribution is 0.0589. The van der Waals surface area contributed by atoms with Crippen LogP contribution in [0.4, 0.5) is 5.69 Å². The number of carbonyl (C=O) groups excluding carboxylic acids is 2. The van der Waals surface area contributed by atoms with Gasteiger partial charge >= 0.3 is 0 Å². The number of benzene rings is 2. The first-order valence-corrected chi connectivity index (χ1v) is 14.3. The van der Waals surface area contributed by atoms with Crippen molar-refractivity contribution in [3.05, 3.63) is 95.1 Å². The van der Waals surface area contributed by atoms with Crippen LogP contribution in [0.15, 0.2) is 66.9 Å². The van der Waals surface area contributed by atoms with Gasteiger partial charge in [0.25, 0.3) is 5.91 Å². The van der Waals surface area contributed by atoms with Gasteiger partial charge < -0.3 is 14.4 Å². The quantitative estimate of drug-likeness (QED) is 0.246. The molecule has 8 nitrogen and oxygen atoms in total. The number of hydrogen-bond donors (Lipinski definition) is 0. The summed E-state index contributed by atoms with van der Waals surface area (Å²) in [6, 6.07) is 18.7. The zero-order chi connectivity index (χ0) is 28.6. The minimum atomic E-state index is -0.118. The fourth-order valence-electron chi connectivity index (χ4n) is 5.53. The highest BCUT2D eigenvalue weighted by Crippen LogP contribution is 2.25. The smallest absolute Gasteiger partial charge is 0.272 e. The van der Waals surface area contributed by atoms with Gasteiger partial charge in [-0.15, -0.1) is 0 Å². The lowest BCUT2D eigenvalue weighted by atomic mass is 9.90. The van der Waals surface area contributed by atoms with Crippen LogP contribution in [0.5, 0.6) is 11.5 Å². The molecule has 0 saturated carbocycles. The van der Waals surface area contributed by atoms with E-state index in [4.69, 9.17) is 16.0 Å². The van der Waals surface area contributed by atoms with Crippen molar-refractivity contribution in [2.45, 2.75) is 44.8 Å². The van der Waals surface area contributed by atoms with Gasteiger partial charge in [-0.2, -0.15) is 0 Å². The molecule has 0 aliphatic carbocycles. The Labute approximate surface area is 241 Å². The Balaban J connectivity index is 1.05. The molecule has 3 heterocycles. The Bertz CT molecular complexity index is 1350. The monoisotopic (exact) mass is 552 g/mol. The lowest BCUT2D eigenvalue weighted by Crippen LogP contribution is -2.42. The Morgan fingerprint density at radius 1 is 0.902 bits per heavy atom. The zero-order valence-corrected chi connectivity index (χ0v) is 23.5. The number of aromatic nitrogens is 1. The first kappa shape index (κ1) is 28.3. The maximum absolute atomic E-state index is 13.0. The molecule has 41 heavy (non-hydrogen) atoms. The highest BCUT2D eigenvalue weighted by Gasteiger charge is 2.26. The summed E-state index contributed by atoms with van der Waals surface area (Å²) in [6.45, 7) is 11.1. The number of methoxy groups -OCH3 is 1. The van der Waals surface area contributed by atoms with Crippen LogP contribution in [0.2, 0.25) is 0 Å². The van der Waals surface area contributed by atoms with E-state index in [0.29, 0.717) is 42.4 Å². The second-order valence-electron chi connectivity index (χ2n) is 10.8. The molecule has 2 aliphatic heterocycles. The van der Waals surface area contributed by atoms with Gasteiger partial charge in [0, 0.05) is 50.7 Å². The predicted molar refractivity (Wildman–Crippen MR) is 156 cm³/mol. The molecule has 1 amide bonds. The highest BCUT2D eigenvalue weighted by atomic mass is 16.5. The van der Waals surface area contributed by atoms with E-state index in [1.807, 2.05) is 24.3 Å². The molecule has 0 atom stereocenters. The Morgan fingerprint density at radius 2 is 1.59 bits per heavy atom. The van der Waals surface area contributed by atoms with Crippen molar-refractivity contribution in [3.63, 3.8) is 0 Å². The summed E-state index contributed by atoms with van der Waals surface area (Å²) in [5.41, 5.74) is 2.78. The summed E-state index contributed by atoms with van der Waals surface area (Å²) in [5, 5.41) is 0. The fraction of sp³-hybridized carbons (Fsp3) is 0.394. The van der Waals surface area contributed by atoms with E-state index in [0.717, 1.165) is 56.8 Å². The maximum Gasteiger partial charge on any atom is 0.272 e. The Morgan fingerprint density at radius 3 is 2.20 bits per heavy atom. The van der Waals surface area contributed by atoms with Gasteiger partial charge in [-0.1, -0.05) is 24.3 Å². The molecule has 2 aliphatic rings. The molecule has 0 N–H and O–H groups in total. The molecule has 1 aromatic heterocycles. The minimum absolute atomic E-state index is 0.0279. The maximum atomic E-state index is 13.0. The van der Waals surface area contributed by atoms with Gasteiger partial charge in [0.1, 0.15) is 23.3 Å². The van der Waals surface area contributed by atoms with Gasteiger partial charge in [-0.3, -0.25) is 19.5 Å². The van der Waals surface area contributed by atoms with Crippen molar-refractivity contribution in [2.24, 2.45) is 5.92 Å². The van der Waals surface area contributed by atoms with Crippen LogP contribution in [0.3, 0.4) is 0 Å². The van der Waals surface area contributed by atoms with Gasteiger partial charge in [0.2, 0.25) is 0 Å². The fourth-order valence-corrected chi connectivity index (χ4v) is 5.53. The number of pyridine rings is 1. The lowest BCUT2D eigenvalue weighted by Gasteiger charge is -2.32. The molecule has 2 aromatic carbocycles. The van der Waals surface area contributed by atoms with Crippen LogP contribution in [0, 0.1) is 12.5 Å². The van der Waals surface area contributed by atoms with Crippen LogP contribution in [0.1, 0.15) is 58.5 Å². The summed E-state index contributed by atoms with van der Waals surface area (Å²) in [5.74, 6) is 1.94. The number of amides is 1. The van der Waals surface area contributed by atoms with E-state index in [1.165, 1.54) is 5.56 Å². The molecular weight excluding hydrogens is 516 g/mol. The molecule has 5 rings (SSSR count). The SMILES string of the molecule is [C-]#[N+]c1ccc(OC2CCN(C(=O)c3ccc(C(=O)CC4CCN(Cc5ccc(OC)cc5)CC4)cn3)CC2)cc1. The molecule has 0 spiro atoms. The third-order valence-electron chi connectivity index (χ3n) is 8.05. The second kappa shape index (κ2) is 13.4. The van der Waals surface area contributed by atoms with Crippen LogP contribution in [-0.4, -0.2) is 65.9 Å². The summed E-state index contributed by atoms with van der Waals surface area (Å²) in [6.07, 6.45) is 5.55. The van der Waals surface area contributed by atoms with Crippen LogP contribution in [-0.2, 0) is 6.54 Å². The van der Waals surface area contributed by atoms with Crippen molar-refractivity contribution < 1.29 is 19.1 Å². The number of hydrogen-bond acceptors (Lipinski definition) is 6. The summed E-state index contributed by atoms with van der Waals surface area (Å²) in [7, 11) is 1.67. The number of ether oxygens (including phenoxy) is 2. The topological polar surface area (TPSA) is 76.3 Å². The normalized spacial score (nSPS) is 16.6. The van der Waals surface area contributed by atoms with Gasteiger partial charge in [-0.25, -0.2) is 4.85 Å². The first-order chi connectivity index (χ1) is 20.0. The van der Waals surface area contributed by atoms with E-state index >= 15 is 0 Å². The van der Waals surface area contributed by atoms with Crippen LogP contribution < -0.4 is 9.47 Å². The average molecular weight is 553 g/mol. The second-order valence-corrected chi connectivity index (χ2v) is 10.8. The number of carbonyl (C=O) groups is 2. The predicted octanol–water partition coefficient (Wildman–Crippen LogP) is 5.81. The zero-order valence-electron chi connectivity index (χ0n) is 23.5. The molecule has 2 saturated heterocycles. The number of ketones is 1. The third kappa shape index (κ3) is 7.50. The van der Waals surface area contributed by atoms with E-state index in [9.17, 15) is 9.59 Å². The van der Waals surface area contributed by atoms with Crippen molar-refractivity contribution >= 4 is 17.4 Å². The summed E-state index contributed by atoms with van der Waals surface area (Å²) >= 11 is 0. The van der Waals surface area contributed by atoms with Crippen LogP contribution in [0.25, 0.3) is 4.85 Å². The molecule has 3 aromatic rings. The van der Waals surface area contributed by atoms with Crippen molar-refractivity contribution in [1.82, 2.24) is 14.8 Å². The molecule has 0 bridgehead atoms.